The first-order chi connectivity index (χ1) is 12.2. The van der Waals surface area contributed by atoms with Gasteiger partial charge in [0.25, 0.3) is 0 Å². The number of methoxy groups -OCH3 is 1. The van der Waals surface area contributed by atoms with E-state index in [-0.39, 0.29) is 0 Å². The van der Waals surface area contributed by atoms with Crippen LogP contribution in [0.4, 0.5) is 5.95 Å². The molecule has 1 fully saturated rings. The Bertz CT molecular complexity index is 648. The predicted octanol–water partition coefficient (Wildman–Crippen LogP) is 1.05. The summed E-state index contributed by atoms with van der Waals surface area (Å²) in [6.07, 6.45) is 1.19. The first-order valence-electron chi connectivity index (χ1n) is 8.45. The second-order valence-electron chi connectivity index (χ2n) is 5.96. The minimum Gasteiger partial charge on any atom is -0.491 e. The maximum atomic E-state index is 10.2. The van der Waals surface area contributed by atoms with Gasteiger partial charge in [0, 0.05) is 45.0 Å². The number of anilines is 1. The number of hydrogen-bond acceptors (Lipinski definition) is 7. The summed E-state index contributed by atoms with van der Waals surface area (Å²) in [6, 6.07) is 11.3. The second kappa shape index (κ2) is 8.64. The number of benzene rings is 1. The molecule has 1 saturated heterocycles. The van der Waals surface area contributed by atoms with Crippen molar-refractivity contribution in [3.8, 4) is 11.6 Å². The molecule has 2 heterocycles. The molecule has 0 bridgehead atoms. The Balaban J connectivity index is 1.42. The number of aromatic nitrogens is 2. The van der Waals surface area contributed by atoms with E-state index in [4.69, 9.17) is 9.47 Å². The van der Waals surface area contributed by atoms with E-state index in [1.807, 2.05) is 30.3 Å². The molecule has 3 rings (SSSR count). The molecule has 0 amide bonds. The number of β-amino-alcohol motifs (C(OH)–C–C–N with tert-alkyl or cyclic N) is 1. The first-order valence-corrected chi connectivity index (χ1v) is 8.45. The highest BCUT2D eigenvalue weighted by Crippen LogP contribution is 2.15. The second-order valence-corrected chi connectivity index (χ2v) is 5.96. The van der Waals surface area contributed by atoms with E-state index in [9.17, 15) is 5.11 Å². The topological polar surface area (TPSA) is 71.0 Å². The van der Waals surface area contributed by atoms with Crippen molar-refractivity contribution in [3.63, 3.8) is 0 Å². The van der Waals surface area contributed by atoms with Gasteiger partial charge >= 0.3 is 0 Å². The van der Waals surface area contributed by atoms with Gasteiger partial charge in [-0.05, 0) is 12.1 Å². The van der Waals surface area contributed by atoms with Crippen LogP contribution in [0.2, 0.25) is 0 Å². The van der Waals surface area contributed by atoms with Gasteiger partial charge < -0.3 is 19.5 Å². The van der Waals surface area contributed by atoms with E-state index in [1.54, 1.807) is 19.4 Å². The highest BCUT2D eigenvalue weighted by molar-refractivity contribution is 5.32. The Labute approximate surface area is 147 Å². The number of rotatable bonds is 7. The number of aliphatic hydroxyl groups excluding tert-OH is 1. The van der Waals surface area contributed by atoms with Crippen LogP contribution in [0.15, 0.2) is 42.6 Å². The van der Waals surface area contributed by atoms with Crippen LogP contribution in [0, 0.1) is 0 Å². The molecule has 0 radical (unpaired) electrons. The fourth-order valence-corrected chi connectivity index (χ4v) is 2.79. The molecule has 0 aliphatic carbocycles. The number of hydrogen-bond donors (Lipinski definition) is 1. The Morgan fingerprint density at radius 2 is 1.88 bits per heavy atom. The summed E-state index contributed by atoms with van der Waals surface area (Å²) in [5, 5.41) is 10.2. The lowest BCUT2D eigenvalue weighted by Crippen LogP contribution is -2.49. The Morgan fingerprint density at radius 3 is 2.60 bits per heavy atom. The summed E-state index contributed by atoms with van der Waals surface area (Å²) >= 11 is 0. The number of nitrogens with zero attached hydrogens (tertiary/aromatic N) is 4. The highest BCUT2D eigenvalue weighted by Gasteiger charge is 2.21. The Morgan fingerprint density at radius 1 is 1.12 bits per heavy atom. The van der Waals surface area contributed by atoms with Gasteiger partial charge in [-0.15, -0.1) is 0 Å². The van der Waals surface area contributed by atoms with Gasteiger partial charge in [0.2, 0.25) is 11.8 Å². The van der Waals surface area contributed by atoms with E-state index in [1.165, 1.54) is 0 Å². The fourth-order valence-electron chi connectivity index (χ4n) is 2.79. The van der Waals surface area contributed by atoms with Crippen LogP contribution in [-0.4, -0.2) is 72.5 Å². The Kier molecular flexibility index (Phi) is 6.03. The molecule has 1 aromatic carbocycles. The van der Waals surface area contributed by atoms with Crippen molar-refractivity contribution in [3.05, 3.63) is 42.6 Å². The molecule has 2 aromatic rings. The monoisotopic (exact) mass is 344 g/mol. The maximum absolute atomic E-state index is 10.2. The summed E-state index contributed by atoms with van der Waals surface area (Å²) in [6.45, 7) is 4.23. The van der Waals surface area contributed by atoms with Gasteiger partial charge in [0.05, 0.1) is 7.11 Å². The average molecular weight is 344 g/mol. The van der Waals surface area contributed by atoms with Gasteiger partial charge in [-0.25, -0.2) is 4.98 Å². The van der Waals surface area contributed by atoms with E-state index in [0.717, 1.165) is 31.9 Å². The predicted molar refractivity (Wildman–Crippen MR) is 95.2 cm³/mol. The molecule has 7 heteroatoms. The zero-order chi connectivity index (χ0) is 17.5. The number of aliphatic hydroxyl groups is 1. The standard InChI is InChI=1S/C18H24N4O3/c1-24-17-7-8-19-18(20-17)22-11-9-21(10-12-22)13-15(23)14-25-16-5-3-2-4-6-16/h2-8,15,23H,9-14H2,1H3/t15-/m1/s1. The molecule has 134 valence electrons. The number of para-hydroxylation sites is 1. The van der Waals surface area contributed by atoms with Crippen LogP contribution >= 0.6 is 0 Å². The van der Waals surface area contributed by atoms with Crippen molar-refractivity contribution in [2.75, 3.05) is 51.3 Å². The third-order valence-corrected chi connectivity index (χ3v) is 4.14. The smallest absolute Gasteiger partial charge is 0.228 e. The Hall–Kier alpha value is -2.38. The van der Waals surface area contributed by atoms with E-state index in [2.05, 4.69) is 19.8 Å². The van der Waals surface area contributed by atoms with Crippen LogP contribution < -0.4 is 14.4 Å². The van der Waals surface area contributed by atoms with Gasteiger partial charge in [-0.1, -0.05) is 18.2 Å². The minimum atomic E-state index is -0.514. The molecule has 0 spiro atoms. The highest BCUT2D eigenvalue weighted by atomic mass is 16.5. The quantitative estimate of drug-likeness (QED) is 0.805. The van der Waals surface area contributed by atoms with Crippen LogP contribution in [-0.2, 0) is 0 Å². The molecule has 1 aliphatic heterocycles. The van der Waals surface area contributed by atoms with Crippen molar-refractivity contribution in [1.29, 1.82) is 0 Å². The molecule has 7 nitrogen and oxygen atoms in total. The molecule has 0 saturated carbocycles. The van der Waals surface area contributed by atoms with E-state index < -0.39 is 6.10 Å². The normalized spacial score (nSPS) is 16.5. The van der Waals surface area contributed by atoms with Gasteiger partial charge in [0.1, 0.15) is 18.5 Å². The summed E-state index contributed by atoms with van der Waals surface area (Å²) in [7, 11) is 1.60. The third kappa shape index (κ3) is 5.04. The fraction of sp³-hybridized carbons (Fsp3) is 0.444. The molecule has 0 unspecified atom stereocenters. The molecule has 1 aromatic heterocycles. The molecular weight excluding hydrogens is 320 g/mol. The zero-order valence-electron chi connectivity index (χ0n) is 14.4. The number of ether oxygens (including phenoxy) is 2. The van der Waals surface area contributed by atoms with Crippen LogP contribution in [0.1, 0.15) is 0 Å². The molecule has 1 atom stereocenters. The van der Waals surface area contributed by atoms with Crippen LogP contribution in [0.3, 0.4) is 0 Å². The summed E-state index contributed by atoms with van der Waals surface area (Å²) < 4.78 is 10.8. The van der Waals surface area contributed by atoms with Gasteiger partial charge in [-0.3, -0.25) is 4.90 Å². The third-order valence-electron chi connectivity index (χ3n) is 4.14. The molecule has 1 aliphatic rings. The van der Waals surface area contributed by atoms with Crippen molar-refractivity contribution in [1.82, 2.24) is 14.9 Å². The van der Waals surface area contributed by atoms with Crippen molar-refractivity contribution in [2.24, 2.45) is 0 Å². The minimum absolute atomic E-state index is 0.295. The summed E-state index contributed by atoms with van der Waals surface area (Å²) in [5.74, 6) is 2.04. The lowest BCUT2D eigenvalue weighted by atomic mass is 10.2. The van der Waals surface area contributed by atoms with Gasteiger partial charge in [0.15, 0.2) is 0 Å². The van der Waals surface area contributed by atoms with Crippen molar-refractivity contribution < 1.29 is 14.6 Å². The van der Waals surface area contributed by atoms with Crippen molar-refractivity contribution in [2.45, 2.75) is 6.10 Å². The largest absolute Gasteiger partial charge is 0.491 e. The average Bonchev–Trinajstić information content (AvgIpc) is 2.68. The first kappa shape index (κ1) is 17.4. The SMILES string of the molecule is COc1ccnc(N2CCN(C[C@@H](O)COc3ccccc3)CC2)n1. The molecular formula is C18H24N4O3. The molecule has 25 heavy (non-hydrogen) atoms. The number of piperazine rings is 1. The maximum Gasteiger partial charge on any atom is 0.228 e. The van der Waals surface area contributed by atoms with E-state index >= 15 is 0 Å². The lowest BCUT2D eigenvalue weighted by Gasteiger charge is -2.35. The van der Waals surface area contributed by atoms with Crippen LogP contribution in [0.25, 0.3) is 0 Å². The zero-order valence-corrected chi connectivity index (χ0v) is 14.4. The van der Waals surface area contributed by atoms with Gasteiger partial charge in [-0.2, -0.15) is 4.98 Å². The summed E-state index contributed by atoms with van der Waals surface area (Å²) in [4.78, 5) is 13.0. The summed E-state index contributed by atoms with van der Waals surface area (Å²) in [5.41, 5.74) is 0. The van der Waals surface area contributed by atoms with E-state index in [0.29, 0.717) is 25.0 Å². The van der Waals surface area contributed by atoms with Crippen molar-refractivity contribution >= 4 is 5.95 Å². The van der Waals surface area contributed by atoms with Crippen LogP contribution in [0.5, 0.6) is 11.6 Å². The lowest BCUT2D eigenvalue weighted by molar-refractivity contribution is 0.0662. The molecule has 1 N–H and O–H groups in total.